The predicted octanol–water partition coefficient (Wildman–Crippen LogP) is 5.38. The lowest BCUT2D eigenvalue weighted by Crippen LogP contribution is -2.33. The van der Waals surface area contributed by atoms with E-state index in [2.05, 4.69) is 25.6 Å². The van der Waals surface area contributed by atoms with Gasteiger partial charge in [-0.15, -0.1) is 0 Å². The van der Waals surface area contributed by atoms with E-state index in [0.29, 0.717) is 35.0 Å². The summed E-state index contributed by atoms with van der Waals surface area (Å²) in [6, 6.07) is 8.61. The summed E-state index contributed by atoms with van der Waals surface area (Å²) in [7, 11) is 0. The molecule has 0 bridgehead atoms. The first-order valence-corrected chi connectivity index (χ1v) is 11.9. The van der Waals surface area contributed by atoms with Crippen molar-refractivity contribution in [1.29, 1.82) is 0 Å². The van der Waals surface area contributed by atoms with Gasteiger partial charge in [0, 0.05) is 35.5 Å². The molecular weight excluding hydrogens is 462 g/mol. The van der Waals surface area contributed by atoms with Crippen molar-refractivity contribution in [3.05, 3.63) is 83.1 Å². The first kappa shape index (κ1) is 22.3. The molecule has 9 heteroatoms. The summed E-state index contributed by atoms with van der Waals surface area (Å²) in [5, 5.41) is 5.81. The Morgan fingerprint density at radius 1 is 1.11 bits per heavy atom. The Kier molecular flexibility index (Phi) is 5.28. The molecule has 7 nitrogen and oxygen atoms in total. The molecule has 0 spiro atoms. The average molecular weight is 487 g/mol. The molecule has 1 amide bonds. The molecule has 2 aromatic carbocycles. The van der Waals surface area contributed by atoms with Crippen LogP contribution in [0.5, 0.6) is 0 Å². The van der Waals surface area contributed by atoms with E-state index < -0.39 is 11.6 Å². The highest BCUT2D eigenvalue weighted by atomic mass is 19.1. The number of nitrogens with zero attached hydrogens (tertiary/aromatic N) is 4. The summed E-state index contributed by atoms with van der Waals surface area (Å²) >= 11 is 0. The topological polar surface area (TPSA) is 84.7 Å². The van der Waals surface area contributed by atoms with Gasteiger partial charge in [-0.1, -0.05) is 6.92 Å². The highest BCUT2D eigenvalue weighted by molar-refractivity contribution is 5.97. The van der Waals surface area contributed by atoms with Gasteiger partial charge >= 0.3 is 0 Å². The predicted molar refractivity (Wildman–Crippen MR) is 132 cm³/mol. The largest absolute Gasteiger partial charge is 0.351 e. The highest BCUT2D eigenvalue weighted by Gasteiger charge is 2.26. The minimum Gasteiger partial charge on any atom is -0.351 e. The standard InChI is InChI=1S/C27H24F2N6O/c1-14-10-31-27(36)18-6-5-17(9-20(14)18)33-26-21(28)11-30-25(34-26)19-7-8-23(15(2)24(19)29)35-12-22(32-13-35)16-3-4-16/h5-9,11-14,16H,3-4,10H2,1-2H3,(H,31,36)(H,30,33,34). The number of benzene rings is 2. The van der Waals surface area contributed by atoms with Gasteiger partial charge in [-0.2, -0.15) is 0 Å². The fourth-order valence-corrected chi connectivity index (χ4v) is 4.61. The number of rotatable bonds is 5. The number of hydrogen-bond acceptors (Lipinski definition) is 5. The quantitative estimate of drug-likeness (QED) is 0.396. The Balaban J connectivity index is 1.31. The van der Waals surface area contributed by atoms with E-state index in [9.17, 15) is 9.18 Å². The highest BCUT2D eigenvalue weighted by Crippen LogP contribution is 2.39. The minimum atomic E-state index is -0.665. The van der Waals surface area contributed by atoms with E-state index >= 15 is 4.39 Å². The van der Waals surface area contributed by atoms with Gasteiger partial charge in [0.05, 0.1) is 29.5 Å². The molecule has 182 valence electrons. The van der Waals surface area contributed by atoms with Crippen LogP contribution in [-0.2, 0) is 0 Å². The molecule has 36 heavy (non-hydrogen) atoms. The lowest BCUT2D eigenvalue weighted by molar-refractivity contribution is 0.0941. The maximum absolute atomic E-state index is 15.5. The maximum atomic E-state index is 15.5. The maximum Gasteiger partial charge on any atom is 0.251 e. The van der Waals surface area contributed by atoms with Gasteiger partial charge in [-0.05, 0) is 61.6 Å². The first-order valence-electron chi connectivity index (χ1n) is 11.9. The van der Waals surface area contributed by atoms with Crippen LogP contribution >= 0.6 is 0 Å². The van der Waals surface area contributed by atoms with E-state index in [0.717, 1.165) is 30.3 Å². The van der Waals surface area contributed by atoms with Gasteiger partial charge in [0.2, 0.25) is 0 Å². The summed E-state index contributed by atoms with van der Waals surface area (Å²) < 4.78 is 31.9. The Bertz CT molecular complexity index is 1510. The van der Waals surface area contributed by atoms with Crippen LogP contribution in [0.2, 0.25) is 0 Å². The third kappa shape index (κ3) is 3.90. The molecule has 2 aromatic heterocycles. The zero-order valence-electron chi connectivity index (χ0n) is 19.8. The zero-order valence-corrected chi connectivity index (χ0v) is 19.8. The zero-order chi connectivity index (χ0) is 25.0. The summed E-state index contributed by atoms with van der Waals surface area (Å²) in [4.78, 5) is 24.9. The van der Waals surface area contributed by atoms with E-state index in [1.165, 1.54) is 0 Å². The number of hydrogen-bond donors (Lipinski definition) is 2. The number of halogens is 2. The molecule has 1 aliphatic carbocycles. The first-order chi connectivity index (χ1) is 17.4. The van der Waals surface area contributed by atoms with E-state index in [-0.39, 0.29) is 29.0 Å². The summed E-state index contributed by atoms with van der Waals surface area (Å²) in [5.74, 6) is -0.638. The molecule has 2 aliphatic rings. The monoisotopic (exact) mass is 486 g/mol. The molecule has 1 fully saturated rings. The number of amides is 1. The second-order valence-electron chi connectivity index (χ2n) is 9.48. The molecule has 4 aromatic rings. The fraction of sp³-hybridized carbons (Fsp3) is 0.259. The lowest BCUT2D eigenvalue weighted by atomic mass is 9.91. The number of anilines is 2. The van der Waals surface area contributed by atoms with E-state index in [1.54, 1.807) is 37.5 Å². The molecule has 2 N–H and O–H groups in total. The SMILES string of the molecule is Cc1c(-n2cnc(C3CC3)c2)ccc(-c2ncc(F)c(Nc3ccc4c(c3)C(C)CNC4=O)n2)c1F. The molecule has 1 aliphatic heterocycles. The van der Waals surface area contributed by atoms with Gasteiger partial charge in [0.1, 0.15) is 5.82 Å². The van der Waals surface area contributed by atoms with Crippen molar-refractivity contribution in [3.8, 4) is 17.1 Å². The number of fused-ring (bicyclic) bond motifs is 1. The van der Waals surface area contributed by atoms with Gasteiger partial charge in [0.25, 0.3) is 5.91 Å². The second-order valence-corrected chi connectivity index (χ2v) is 9.48. The number of nitrogens with one attached hydrogen (secondary N) is 2. The summed E-state index contributed by atoms with van der Waals surface area (Å²) in [6.45, 7) is 4.24. The number of aromatic nitrogens is 4. The molecule has 1 unspecified atom stereocenters. The van der Waals surface area contributed by atoms with Gasteiger partial charge in [0.15, 0.2) is 17.5 Å². The van der Waals surface area contributed by atoms with Crippen molar-refractivity contribution in [2.45, 2.75) is 38.5 Å². The van der Waals surface area contributed by atoms with Crippen LogP contribution in [0.15, 0.2) is 49.1 Å². The van der Waals surface area contributed by atoms with Crippen molar-refractivity contribution in [3.63, 3.8) is 0 Å². The van der Waals surface area contributed by atoms with Crippen LogP contribution in [0.3, 0.4) is 0 Å². The molecule has 1 atom stereocenters. The van der Waals surface area contributed by atoms with Crippen molar-refractivity contribution >= 4 is 17.4 Å². The van der Waals surface area contributed by atoms with Crippen molar-refractivity contribution in [1.82, 2.24) is 24.8 Å². The van der Waals surface area contributed by atoms with Crippen molar-refractivity contribution in [2.24, 2.45) is 0 Å². The third-order valence-electron chi connectivity index (χ3n) is 6.88. The molecule has 3 heterocycles. The molecule has 0 radical (unpaired) electrons. The third-order valence-corrected chi connectivity index (χ3v) is 6.88. The minimum absolute atomic E-state index is 0.0704. The Morgan fingerprint density at radius 3 is 2.72 bits per heavy atom. The Hall–Kier alpha value is -4.14. The van der Waals surface area contributed by atoms with Gasteiger partial charge in [-0.25, -0.2) is 23.7 Å². The number of imidazole rings is 1. The second kappa shape index (κ2) is 8.51. The summed E-state index contributed by atoms with van der Waals surface area (Å²) in [5.41, 5.74) is 4.37. The molecule has 0 saturated heterocycles. The van der Waals surface area contributed by atoms with Crippen LogP contribution in [0, 0.1) is 18.6 Å². The normalized spacial score (nSPS) is 17.0. The van der Waals surface area contributed by atoms with Crippen molar-refractivity contribution in [2.75, 3.05) is 11.9 Å². The molecule has 6 rings (SSSR count). The number of carbonyl (C=O) groups excluding carboxylic acids is 1. The van der Waals surface area contributed by atoms with E-state index in [4.69, 9.17) is 0 Å². The Morgan fingerprint density at radius 2 is 1.92 bits per heavy atom. The molecular formula is C27H24F2N6O. The van der Waals surface area contributed by atoms with E-state index in [1.807, 2.05) is 23.8 Å². The van der Waals surface area contributed by atoms with Crippen molar-refractivity contribution < 1.29 is 13.6 Å². The van der Waals surface area contributed by atoms with Gasteiger partial charge in [-0.3, -0.25) is 4.79 Å². The van der Waals surface area contributed by atoms with Crippen LogP contribution < -0.4 is 10.6 Å². The molecule has 1 saturated carbocycles. The lowest BCUT2D eigenvalue weighted by Gasteiger charge is -2.23. The van der Waals surface area contributed by atoms with Crippen LogP contribution in [0.1, 0.15) is 58.8 Å². The van der Waals surface area contributed by atoms with Crippen LogP contribution in [0.4, 0.5) is 20.3 Å². The summed E-state index contributed by atoms with van der Waals surface area (Å²) in [6.07, 6.45) is 6.95. The smallest absolute Gasteiger partial charge is 0.251 e. The fourth-order valence-electron chi connectivity index (χ4n) is 4.61. The number of carbonyl (C=O) groups is 1. The van der Waals surface area contributed by atoms with Gasteiger partial charge < -0.3 is 15.2 Å². The average Bonchev–Trinajstić information content (AvgIpc) is 3.61. The van der Waals surface area contributed by atoms with Crippen LogP contribution in [0.25, 0.3) is 17.1 Å². The Labute approximate surface area is 206 Å². The van der Waals surface area contributed by atoms with Crippen LogP contribution in [-0.4, -0.2) is 32.0 Å².